The molecule has 0 aliphatic heterocycles. The normalized spacial score (nSPS) is 12.5. The van der Waals surface area contributed by atoms with Gasteiger partial charge in [0.15, 0.2) is 17.5 Å². The number of fused-ring (bicyclic) bond motifs is 3. The third kappa shape index (κ3) is 6.43. The fourth-order valence-electron chi connectivity index (χ4n) is 8.25. The summed E-state index contributed by atoms with van der Waals surface area (Å²) in [5.41, 5.74) is 17.5. The Bertz CT molecular complexity index is 2790. The first-order valence-electron chi connectivity index (χ1n) is 19.5. The summed E-state index contributed by atoms with van der Waals surface area (Å²) in [5, 5.41) is 0. The second kappa shape index (κ2) is 14.1. The van der Waals surface area contributed by atoms with Crippen molar-refractivity contribution >= 4 is 0 Å². The third-order valence-electron chi connectivity index (χ3n) is 11.4. The topological polar surface area (TPSA) is 38.7 Å². The molecule has 0 atom stereocenters. The Balaban J connectivity index is 0.982. The molecule has 0 N–H and O–H groups in total. The summed E-state index contributed by atoms with van der Waals surface area (Å²) in [4.78, 5) is 15.3. The molecule has 1 aliphatic carbocycles. The van der Waals surface area contributed by atoms with E-state index in [1.54, 1.807) is 0 Å². The van der Waals surface area contributed by atoms with Gasteiger partial charge in [-0.2, -0.15) is 0 Å². The van der Waals surface area contributed by atoms with Crippen LogP contribution in [-0.4, -0.2) is 15.0 Å². The zero-order chi connectivity index (χ0) is 38.3. The largest absolute Gasteiger partial charge is 0.208 e. The Morgan fingerprint density at radius 2 is 0.614 bits per heavy atom. The van der Waals surface area contributed by atoms with Gasteiger partial charge in [0.25, 0.3) is 0 Å². The average Bonchev–Trinajstić information content (AvgIpc) is 3.52. The molecule has 9 aromatic rings. The molecule has 3 heteroatoms. The number of nitrogens with zero attached hydrogens (tertiary/aromatic N) is 3. The first-order chi connectivity index (χ1) is 28.0. The number of hydrogen-bond acceptors (Lipinski definition) is 3. The molecule has 0 fully saturated rings. The molecule has 10 rings (SSSR count). The van der Waals surface area contributed by atoms with Crippen LogP contribution in [0.25, 0.3) is 89.8 Å². The summed E-state index contributed by atoms with van der Waals surface area (Å²) in [6.45, 7) is 4.67. The van der Waals surface area contributed by atoms with Gasteiger partial charge in [-0.3, -0.25) is 0 Å². The van der Waals surface area contributed by atoms with E-state index in [0.29, 0.717) is 17.5 Å². The van der Waals surface area contributed by atoms with Crippen molar-refractivity contribution in [2.45, 2.75) is 19.3 Å². The Labute approximate surface area is 334 Å². The smallest absolute Gasteiger partial charge is 0.164 e. The maximum atomic E-state index is 5.09. The number of aromatic nitrogens is 3. The van der Waals surface area contributed by atoms with Crippen LogP contribution in [0.3, 0.4) is 0 Å². The molecule has 0 spiro atoms. The van der Waals surface area contributed by atoms with Crippen LogP contribution in [0.1, 0.15) is 25.0 Å². The van der Waals surface area contributed by atoms with E-state index in [0.717, 1.165) is 50.1 Å². The predicted octanol–water partition coefficient (Wildman–Crippen LogP) is 13.8. The fourth-order valence-corrected chi connectivity index (χ4v) is 8.25. The van der Waals surface area contributed by atoms with Crippen LogP contribution < -0.4 is 0 Å². The standard InChI is InChI=1S/C54H39N3/c1-54(2)49-22-10-9-21-47(49)48-32-31-44(35-50(48)54)40-25-23-38(24-26-40)39-27-29-41(30-28-39)51-55-52(45-19-11-17-42(33-45)36-13-5-3-6-14-36)57-53(56-51)46-20-12-18-43(34-46)37-15-7-4-8-16-37/h3-35H,1-2H3. The highest BCUT2D eigenvalue weighted by Gasteiger charge is 2.35. The maximum Gasteiger partial charge on any atom is 0.164 e. The van der Waals surface area contributed by atoms with Crippen LogP contribution in [0.2, 0.25) is 0 Å². The van der Waals surface area contributed by atoms with E-state index in [2.05, 4.69) is 202 Å². The molecule has 3 nitrogen and oxygen atoms in total. The van der Waals surface area contributed by atoms with E-state index >= 15 is 0 Å². The third-order valence-corrected chi connectivity index (χ3v) is 11.4. The van der Waals surface area contributed by atoms with Gasteiger partial charge in [-0.05, 0) is 85.0 Å². The molecule has 1 aliphatic rings. The first-order valence-corrected chi connectivity index (χ1v) is 19.5. The second-order valence-electron chi connectivity index (χ2n) is 15.3. The Morgan fingerprint density at radius 1 is 0.263 bits per heavy atom. The minimum absolute atomic E-state index is 0.0257. The van der Waals surface area contributed by atoms with E-state index in [1.165, 1.54) is 33.4 Å². The molecule has 1 heterocycles. The summed E-state index contributed by atoms with van der Waals surface area (Å²) in [5.74, 6) is 1.90. The van der Waals surface area contributed by atoms with Crippen LogP contribution in [-0.2, 0) is 5.41 Å². The van der Waals surface area contributed by atoms with Gasteiger partial charge in [0, 0.05) is 22.1 Å². The van der Waals surface area contributed by atoms with Crippen molar-refractivity contribution < 1.29 is 0 Å². The van der Waals surface area contributed by atoms with Gasteiger partial charge in [-0.25, -0.2) is 15.0 Å². The quantitative estimate of drug-likeness (QED) is 0.164. The van der Waals surface area contributed by atoms with Gasteiger partial charge in [-0.1, -0.05) is 196 Å². The van der Waals surface area contributed by atoms with Crippen molar-refractivity contribution in [2.24, 2.45) is 0 Å². The molecule has 57 heavy (non-hydrogen) atoms. The summed E-state index contributed by atoms with van der Waals surface area (Å²) in [7, 11) is 0. The summed E-state index contributed by atoms with van der Waals surface area (Å²) in [6.07, 6.45) is 0. The molecule has 0 saturated carbocycles. The average molecular weight is 730 g/mol. The van der Waals surface area contributed by atoms with Crippen molar-refractivity contribution in [1.29, 1.82) is 0 Å². The summed E-state index contributed by atoms with van der Waals surface area (Å²) in [6, 6.07) is 70.9. The monoisotopic (exact) mass is 729 g/mol. The van der Waals surface area contributed by atoms with Gasteiger partial charge in [0.2, 0.25) is 0 Å². The lowest BCUT2D eigenvalue weighted by Gasteiger charge is -2.22. The van der Waals surface area contributed by atoms with Crippen molar-refractivity contribution in [3.05, 3.63) is 211 Å². The zero-order valence-electron chi connectivity index (χ0n) is 31.9. The number of benzene rings is 8. The zero-order valence-corrected chi connectivity index (χ0v) is 31.9. The molecule has 270 valence electrons. The predicted molar refractivity (Wildman–Crippen MR) is 235 cm³/mol. The molecule has 0 saturated heterocycles. The van der Waals surface area contributed by atoms with E-state index in [4.69, 9.17) is 15.0 Å². The highest BCUT2D eigenvalue weighted by atomic mass is 15.0. The van der Waals surface area contributed by atoms with Crippen molar-refractivity contribution in [3.8, 4) is 89.8 Å². The Hall–Kier alpha value is -7.23. The van der Waals surface area contributed by atoms with E-state index in [1.807, 2.05) is 12.1 Å². The van der Waals surface area contributed by atoms with Crippen LogP contribution >= 0.6 is 0 Å². The highest BCUT2D eigenvalue weighted by Crippen LogP contribution is 2.49. The van der Waals surface area contributed by atoms with Crippen LogP contribution in [0, 0.1) is 0 Å². The number of hydrogen-bond donors (Lipinski definition) is 0. The van der Waals surface area contributed by atoms with Crippen molar-refractivity contribution in [1.82, 2.24) is 15.0 Å². The minimum Gasteiger partial charge on any atom is -0.208 e. The molecule has 0 radical (unpaired) electrons. The lowest BCUT2D eigenvalue weighted by atomic mass is 9.81. The maximum absolute atomic E-state index is 5.09. The SMILES string of the molecule is CC1(C)c2ccccc2-c2ccc(-c3ccc(-c4ccc(-c5nc(-c6cccc(-c7ccccc7)c6)nc(-c6cccc(-c7ccccc7)c6)n5)cc4)cc3)cc21. The first kappa shape index (κ1) is 34.3. The van der Waals surface area contributed by atoms with Gasteiger partial charge >= 0.3 is 0 Å². The van der Waals surface area contributed by atoms with E-state index in [-0.39, 0.29) is 5.41 Å². The van der Waals surface area contributed by atoms with Gasteiger partial charge in [0.05, 0.1) is 0 Å². The van der Waals surface area contributed by atoms with Crippen molar-refractivity contribution in [2.75, 3.05) is 0 Å². The Kier molecular flexibility index (Phi) is 8.49. The van der Waals surface area contributed by atoms with Crippen LogP contribution in [0.5, 0.6) is 0 Å². The molecule has 0 bridgehead atoms. The van der Waals surface area contributed by atoms with Gasteiger partial charge in [0.1, 0.15) is 0 Å². The summed E-state index contributed by atoms with van der Waals surface area (Å²) < 4.78 is 0. The van der Waals surface area contributed by atoms with Crippen LogP contribution in [0.4, 0.5) is 0 Å². The van der Waals surface area contributed by atoms with Crippen LogP contribution in [0.15, 0.2) is 200 Å². The lowest BCUT2D eigenvalue weighted by molar-refractivity contribution is 0.660. The summed E-state index contributed by atoms with van der Waals surface area (Å²) >= 11 is 0. The van der Waals surface area contributed by atoms with Gasteiger partial charge < -0.3 is 0 Å². The number of rotatable bonds is 7. The molecule has 0 amide bonds. The Morgan fingerprint density at radius 3 is 1.16 bits per heavy atom. The molecule has 8 aromatic carbocycles. The van der Waals surface area contributed by atoms with E-state index in [9.17, 15) is 0 Å². The molecular formula is C54H39N3. The molecule has 1 aromatic heterocycles. The van der Waals surface area contributed by atoms with Gasteiger partial charge in [-0.15, -0.1) is 0 Å². The minimum atomic E-state index is -0.0257. The van der Waals surface area contributed by atoms with Crippen molar-refractivity contribution in [3.63, 3.8) is 0 Å². The highest BCUT2D eigenvalue weighted by molar-refractivity contribution is 5.84. The second-order valence-corrected chi connectivity index (χ2v) is 15.3. The fraction of sp³-hybridized carbons (Fsp3) is 0.0556. The molecular weight excluding hydrogens is 691 g/mol. The molecule has 0 unspecified atom stereocenters. The van der Waals surface area contributed by atoms with E-state index < -0.39 is 0 Å². The lowest BCUT2D eigenvalue weighted by Crippen LogP contribution is -2.14.